The summed E-state index contributed by atoms with van der Waals surface area (Å²) in [4.78, 5) is 16.0. The Labute approximate surface area is 399 Å². The average molecular weight is 885 g/mol. The molecule has 0 bridgehead atoms. The average Bonchev–Trinajstić information content (AvgIpc) is 4.07. The Morgan fingerprint density at radius 2 is 1.07 bits per heavy atom. The van der Waals surface area contributed by atoms with Crippen LogP contribution in [0.4, 0.5) is 0 Å². The van der Waals surface area contributed by atoms with Gasteiger partial charge in [-0.05, 0) is 84.1 Å². The standard InChI is InChI=1S/C63H44N6/c1-4-20-41(21-5-1)61-64-62(42-22-6-2-7-23-42)66-63(65-61)51-31-19-37-57(60(51)69-53-33-15-11-26-46(53)47-27-12-16-34-54(47)69)68-55-35-17-13-29-50(55)59-45(30-18-36-56(59)68)43-38-39-49-48-28-10-14-32-52(48)67(58(49)40-43)44-24-8-3-9-25-44/h1-11,13-26,28-40,51,60H,12,27H2. The summed E-state index contributed by atoms with van der Waals surface area (Å²) in [5.41, 5.74) is 15.1. The highest BCUT2D eigenvalue weighted by Gasteiger charge is 2.37. The van der Waals surface area contributed by atoms with Gasteiger partial charge in [0.05, 0.1) is 34.0 Å². The number of hydrogen-bond acceptors (Lipinski definition) is 3. The monoisotopic (exact) mass is 884 g/mol. The number of aryl methyl sites for hydroxylation is 1. The van der Waals surface area contributed by atoms with E-state index >= 15 is 0 Å². The number of rotatable bonds is 7. The van der Waals surface area contributed by atoms with Crippen molar-refractivity contribution in [3.63, 3.8) is 0 Å². The van der Waals surface area contributed by atoms with Crippen molar-refractivity contribution in [1.82, 2.24) is 28.7 Å². The molecule has 2 aliphatic carbocycles. The Morgan fingerprint density at radius 1 is 0.464 bits per heavy atom. The van der Waals surface area contributed by atoms with E-state index in [9.17, 15) is 0 Å². The van der Waals surface area contributed by atoms with Crippen molar-refractivity contribution in [3.05, 3.63) is 242 Å². The maximum atomic E-state index is 5.43. The van der Waals surface area contributed by atoms with E-state index in [-0.39, 0.29) is 12.0 Å². The van der Waals surface area contributed by atoms with Crippen molar-refractivity contribution in [2.24, 2.45) is 0 Å². The van der Waals surface area contributed by atoms with Crippen molar-refractivity contribution in [2.75, 3.05) is 0 Å². The van der Waals surface area contributed by atoms with Gasteiger partial charge < -0.3 is 13.7 Å². The minimum absolute atomic E-state index is 0.248. The van der Waals surface area contributed by atoms with Gasteiger partial charge in [-0.15, -0.1) is 0 Å². The third kappa shape index (κ3) is 6.22. The van der Waals surface area contributed by atoms with E-state index in [1.807, 2.05) is 36.4 Å². The summed E-state index contributed by atoms with van der Waals surface area (Å²) in [6.07, 6.45) is 13.5. The fourth-order valence-corrected chi connectivity index (χ4v) is 11.4. The van der Waals surface area contributed by atoms with Crippen LogP contribution < -0.4 is 0 Å². The molecule has 69 heavy (non-hydrogen) atoms. The van der Waals surface area contributed by atoms with Gasteiger partial charge in [0.25, 0.3) is 0 Å². The van der Waals surface area contributed by atoms with Gasteiger partial charge in [0.1, 0.15) is 5.82 Å². The first-order chi connectivity index (χ1) is 34.3. The van der Waals surface area contributed by atoms with Gasteiger partial charge in [-0.3, -0.25) is 0 Å². The molecular weight excluding hydrogens is 841 g/mol. The molecular formula is C63H44N6. The minimum Gasteiger partial charge on any atom is -0.331 e. The molecule has 0 fully saturated rings. The van der Waals surface area contributed by atoms with Crippen LogP contribution in [0.2, 0.25) is 0 Å². The lowest BCUT2D eigenvalue weighted by Gasteiger charge is -2.34. The molecule has 4 heterocycles. The van der Waals surface area contributed by atoms with Gasteiger partial charge in [0.2, 0.25) is 0 Å². The molecule has 6 nitrogen and oxygen atoms in total. The molecule has 6 heteroatoms. The fourth-order valence-electron chi connectivity index (χ4n) is 11.4. The molecule has 2 unspecified atom stereocenters. The van der Waals surface area contributed by atoms with Crippen molar-refractivity contribution in [2.45, 2.75) is 24.8 Å². The van der Waals surface area contributed by atoms with E-state index in [0.717, 1.165) is 52.2 Å². The van der Waals surface area contributed by atoms with Gasteiger partial charge in [0, 0.05) is 60.7 Å². The van der Waals surface area contributed by atoms with Crippen LogP contribution in [0.3, 0.4) is 0 Å². The second-order valence-electron chi connectivity index (χ2n) is 18.2. The van der Waals surface area contributed by atoms with Crippen molar-refractivity contribution < 1.29 is 0 Å². The molecule has 326 valence electrons. The van der Waals surface area contributed by atoms with Gasteiger partial charge in [-0.2, -0.15) is 0 Å². The molecule has 8 aromatic carbocycles. The summed E-state index contributed by atoms with van der Waals surface area (Å²) >= 11 is 0. The zero-order valence-corrected chi connectivity index (χ0v) is 37.7. The number of fused-ring (bicyclic) bond motifs is 9. The molecule has 4 aromatic heterocycles. The smallest absolute Gasteiger partial charge is 0.163 e. The van der Waals surface area contributed by atoms with Gasteiger partial charge >= 0.3 is 0 Å². The number of aromatic nitrogens is 6. The minimum atomic E-state index is -0.269. The first-order valence-electron chi connectivity index (χ1n) is 23.9. The Morgan fingerprint density at radius 3 is 1.81 bits per heavy atom. The first kappa shape index (κ1) is 39.3. The van der Waals surface area contributed by atoms with Crippen LogP contribution in [0.25, 0.3) is 106 Å². The summed E-state index contributed by atoms with van der Waals surface area (Å²) in [7, 11) is 0. The SMILES string of the molecule is C1=CC(c2nc(-c3ccccc3)nc(-c3ccccc3)n2)C(n2c3c(c4ccccc42)CCC=C3)C(n2c3ccccc3c3c(-c4ccc5c6ccccc6n(-c6ccccc6)c5c4)cccc32)=C1. The van der Waals surface area contributed by atoms with E-state index in [1.54, 1.807) is 0 Å². The zero-order chi connectivity index (χ0) is 45.4. The van der Waals surface area contributed by atoms with E-state index in [2.05, 4.69) is 208 Å². The molecule has 0 radical (unpaired) electrons. The van der Waals surface area contributed by atoms with Crippen LogP contribution in [0, 0.1) is 0 Å². The molecule has 0 amide bonds. The first-order valence-corrected chi connectivity index (χ1v) is 23.9. The molecule has 0 saturated carbocycles. The highest BCUT2D eigenvalue weighted by Crippen LogP contribution is 2.49. The van der Waals surface area contributed by atoms with E-state index in [0.29, 0.717) is 11.6 Å². The van der Waals surface area contributed by atoms with Crippen LogP contribution in [0.5, 0.6) is 0 Å². The van der Waals surface area contributed by atoms with Crippen LogP contribution >= 0.6 is 0 Å². The predicted octanol–water partition coefficient (Wildman–Crippen LogP) is 15.4. The number of benzene rings is 8. The molecule has 12 aromatic rings. The van der Waals surface area contributed by atoms with E-state index < -0.39 is 0 Å². The quantitative estimate of drug-likeness (QED) is 0.160. The van der Waals surface area contributed by atoms with Crippen molar-refractivity contribution in [1.29, 1.82) is 0 Å². The summed E-state index contributed by atoms with van der Waals surface area (Å²) in [5.74, 6) is 1.78. The normalized spacial score (nSPS) is 15.7. The summed E-state index contributed by atoms with van der Waals surface area (Å²) in [6, 6.07) is 71.6. The summed E-state index contributed by atoms with van der Waals surface area (Å²) in [5, 5.41) is 6.20. The Hall–Kier alpha value is -8.87. The number of hydrogen-bond donors (Lipinski definition) is 0. The lowest BCUT2D eigenvalue weighted by Crippen LogP contribution is -2.26. The third-order valence-corrected chi connectivity index (χ3v) is 14.4. The molecule has 2 atom stereocenters. The molecule has 0 spiro atoms. The van der Waals surface area contributed by atoms with Gasteiger partial charge in [-0.1, -0.05) is 176 Å². The topological polar surface area (TPSA) is 53.5 Å². The number of nitrogens with zero attached hydrogens (tertiary/aromatic N) is 6. The van der Waals surface area contributed by atoms with E-state index in [1.165, 1.54) is 65.9 Å². The van der Waals surface area contributed by atoms with Gasteiger partial charge in [0.15, 0.2) is 11.6 Å². The second-order valence-corrected chi connectivity index (χ2v) is 18.2. The lowest BCUT2D eigenvalue weighted by atomic mass is 9.89. The number of para-hydroxylation sites is 4. The highest BCUT2D eigenvalue weighted by molar-refractivity contribution is 6.18. The van der Waals surface area contributed by atoms with Crippen LogP contribution in [-0.4, -0.2) is 28.7 Å². The van der Waals surface area contributed by atoms with Crippen LogP contribution in [-0.2, 0) is 6.42 Å². The Balaban J connectivity index is 1.02. The molecule has 0 N–H and O–H groups in total. The van der Waals surface area contributed by atoms with Crippen molar-refractivity contribution >= 4 is 66.3 Å². The molecule has 14 rings (SSSR count). The molecule has 0 saturated heterocycles. The predicted molar refractivity (Wildman–Crippen MR) is 284 cm³/mol. The third-order valence-electron chi connectivity index (χ3n) is 14.4. The Bertz CT molecular complexity index is 4020. The van der Waals surface area contributed by atoms with Crippen LogP contribution in [0.15, 0.2) is 224 Å². The maximum absolute atomic E-state index is 5.43. The lowest BCUT2D eigenvalue weighted by molar-refractivity contribution is 0.535. The summed E-state index contributed by atoms with van der Waals surface area (Å²) in [6.45, 7) is 0. The second kappa shape index (κ2) is 15.9. The van der Waals surface area contributed by atoms with Crippen LogP contribution in [0.1, 0.15) is 35.5 Å². The number of allylic oxidation sites excluding steroid dienone is 5. The van der Waals surface area contributed by atoms with Gasteiger partial charge in [-0.25, -0.2) is 15.0 Å². The van der Waals surface area contributed by atoms with E-state index in [4.69, 9.17) is 15.0 Å². The summed E-state index contributed by atoms with van der Waals surface area (Å²) < 4.78 is 7.53. The fraction of sp³-hybridized carbons (Fsp3) is 0.0635. The molecule has 0 aliphatic heterocycles. The van der Waals surface area contributed by atoms with Crippen molar-refractivity contribution in [3.8, 4) is 39.6 Å². The Kier molecular flexibility index (Phi) is 9.05. The largest absolute Gasteiger partial charge is 0.331 e. The maximum Gasteiger partial charge on any atom is 0.163 e. The highest BCUT2D eigenvalue weighted by atomic mass is 15.1. The molecule has 2 aliphatic rings. The zero-order valence-electron chi connectivity index (χ0n) is 37.7.